The first-order valence-electron chi connectivity index (χ1n) is 4.57. The average molecular weight is 323 g/mol. The summed E-state index contributed by atoms with van der Waals surface area (Å²) in [5.74, 6) is -4.42. The van der Waals surface area contributed by atoms with Crippen molar-refractivity contribution < 1.29 is 29.4 Å². The fraction of sp³-hybridized carbons (Fsp3) is 0.500. The summed E-state index contributed by atoms with van der Waals surface area (Å²) >= 11 is 0. The molecule has 0 rings (SSSR count). The fourth-order valence-corrected chi connectivity index (χ4v) is 0.600. The van der Waals surface area contributed by atoms with E-state index < -0.39 is 35.8 Å². The number of carbonyl (C=O) groups excluding carboxylic acids is 4. The maximum absolute atomic E-state index is 9.97. The molecule has 20 heavy (non-hydrogen) atoms. The van der Waals surface area contributed by atoms with Crippen LogP contribution in [-0.4, -0.2) is 58.9 Å². The number of hydrogen-bond donors (Lipinski definition) is 4. The van der Waals surface area contributed by atoms with Crippen LogP contribution in [-0.2, 0) is 19.2 Å². The van der Waals surface area contributed by atoms with Crippen molar-refractivity contribution in [2.75, 3.05) is 0 Å². The Morgan fingerprint density at radius 2 is 1.00 bits per heavy atom. The predicted octanol–water partition coefficient (Wildman–Crippen LogP) is -6.08. The molecule has 2 atom stereocenters. The number of carbonyl (C=O) groups is 4. The van der Waals surface area contributed by atoms with Crippen molar-refractivity contribution >= 4 is 59.2 Å². The van der Waals surface area contributed by atoms with Gasteiger partial charge >= 0.3 is 23.1 Å². The molecular weight excluding hydrogens is 308 g/mol. The summed E-state index contributed by atoms with van der Waals surface area (Å²) in [6, 6.07) is -2.55. The molecule has 8 N–H and O–H groups in total. The maximum atomic E-state index is 9.97. The molecule has 0 aliphatic rings. The van der Waals surface area contributed by atoms with Crippen LogP contribution >= 0.6 is 12.4 Å². The number of nitrogens with two attached hydrogens (primary N) is 4. The number of hydrogen-bond acceptors (Lipinski definition) is 8. The molecule has 0 radical (unpaired) electrons. The van der Waals surface area contributed by atoms with E-state index in [2.05, 4.69) is 11.5 Å². The number of halogens is 1. The second kappa shape index (κ2) is 14.3. The Hall–Kier alpha value is -1.14. The Labute approximate surface area is 136 Å². The quantitative estimate of drug-likeness (QED) is 0.344. The van der Waals surface area contributed by atoms with Gasteiger partial charge in [0.2, 0.25) is 11.8 Å². The van der Waals surface area contributed by atoms with E-state index in [1.54, 1.807) is 0 Å². The minimum Gasteiger partial charge on any atom is -0.548 e. The Bertz CT molecular complexity index is 311. The van der Waals surface area contributed by atoms with E-state index in [1.165, 1.54) is 0 Å². The Morgan fingerprint density at radius 3 is 1.05 bits per heavy atom. The Balaban J connectivity index is -0.000000116. The Morgan fingerprint density at radius 1 is 0.800 bits per heavy atom. The number of rotatable bonds is 6. The van der Waals surface area contributed by atoms with E-state index in [0.717, 1.165) is 0 Å². The SMILES string of the molecule is Cl.NC(=O)C[C@H](N)C(=O)[O-].NC(=O)C[C@H](N)C(=O)[O-].[Mg+2]. The number of carboxylic acid groups (broad SMARTS) is 2. The molecule has 0 saturated heterocycles. The van der Waals surface area contributed by atoms with Crippen LogP contribution in [0.5, 0.6) is 0 Å². The van der Waals surface area contributed by atoms with Crippen molar-refractivity contribution in [1.82, 2.24) is 0 Å². The second-order valence-corrected chi connectivity index (χ2v) is 3.19. The van der Waals surface area contributed by atoms with Crippen LogP contribution in [0.25, 0.3) is 0 Å². The van der Waals surface area contributed by atoms with Crippen LogP contribution in [0.15, 0.2) is 0 Å². The van der Waals surface area contributed by atoms with Gasteiger partial charge < -0.3 is 42.7 Å². The zero-order valence-electron chi connectivity index (χ0n) is 10.4. The summed E-state index contributed by atoms with van der Waals surface area (Å²) in [5, 5.41) is 19.6. The molecule has 10 nitrogen and oxygen atoms in total. The first-order chi connectivity index (χ1) is 8.07. The van der Waals surface area contributed by atoms with Crippen molar-refractivity contribution in [3.05, 3.63) is 0 Å². The molecule has 0 aromatic heterocycles. The van der Waals surface area contributed by atoms with Crippen LogP contribution in [0.1, 0.15) is 12.8 Å². The van der Waals surface area contributed by atoms with E-state index >= 15 is 0 Å². The molecule has 112 valence electrons. The van der Waals surface area contributed by atoms with E-state index in [4.69, 9.17) is 11.5 Å². The molecular formula is C8H15ClMgN4O6. The van der Waals surface area contributed by atoms with Crippen LogP contribution in [0.4, 0.5) is 0 Å². The van der Waals surface area contributed by atoms with E-state index in [0.29, 0.717) is 0 Å². The van der Waals surface area contributed by atoms with Gasteiger partial charge in [-0.05, 0) is 0 Å². The first-order valence-corrected chi connectivity index (χ1v) is 4.57. The van der Waals surface area contributed by atoms with Gasteiger partial charge in [-0.3, -0.25) is 9.59 Å². The number of primary amides is 2. The molecule has 0 heterocycles. The van der Waals surface area contributed by atoms with Gasteiger partial charge in [-0.15, -0.1) is 12.4 Å². The monoisotopic (exact) mass is 322 g/mol. The van der Waals surface area contributed by atoms with Crippen LogP contribution in [0.3, 0.4) is 0 Å². The minimum atomic E-state index is -1.46. The van der Waals surface area contributed by atoms with Crippen LogP contribution in [0, 0.1) is 0 Å². The van der Waals surface area contributed by atoms with E-state index in [1.807, 2.05) is 0 Å². The normalized spacial score (nSPS) is 11.3. The topological polar surface area (TPSA) is 218 Å². The third-order valence-corrected chi connectivity index (χ3v) is 1.45. The van der Waals surface area contributed by atoms with E-state index in [9.17, 15) is 29.4 Å². The molecule has 0 aliphatic heterocycles. The molecule has 0 saturated carbocycles. The third-order valence-electron chi connectivity index (χ3n) is 1.45. The standard InChI is InChI=1S/2C4H8N2O3.ClH.Mg/c2*5-2(4(8)9)1-3(6)7;;/h2*2H,1,5H2,(H2,6,7)(H,8,9);1H;/q;;;+2/p-2/t2*2-;;/m00../s1. The van der Waals surface area contributed by atoms with Crippen LogP contribution < -0.4 is 33.1 Å². The Kier molecular flexibility index (Phi) is 19.4. The number of amides is 2. The molecule has 0 aromatic carbocycles. The molecule has 0 spiro atoms. The summed E-state index contributed by atoms with van der Waals surface area (Å²) in [5.41, 5.74) is 19.0. The summed E-state index contributed by atoms with van der Waals surface area (Å²) < 4.78 is 0. The molecule has 0 aromatic rings. The number of aliphatic carboxylic acids is 2. The summed E-state index contributed by atoms with van der Waals surface area (Å²) in [6.45, 7) is 0. The minimum absolute atomic E-state index is 0. The molecule has 0 bridgehead atoms. The average Bonchev–Trinajstić information content (AvgIpc) is 2.16. The van der Waals surface area contributed by atoms with Gasteiger partial charge in [-0.25, -0.2) is 0 Å². The molecule has 0 unspecified atom stereocenters. The summed E-state index contributed by atoms with van der Waals surface area (Å²) in [7, 11) is 0. The van der Waals surface area contributed by atoms with Gasteiger partial charge in [0.05, 0.1) is 24.0 Å². The van der Waals surface area contributed by atoms with Gasteiger partial charge in [0, 0.05) is 12.8 Å². The van der Waals surface area contributed by atoms with Crippen molar-refractivity contribution in [2.24, 2.45) is 22.9 Å². The predicted molar refractivity (Wildman–Crippen MR) is 66.6 cm³/mol. The molecule has 2 amide bonds. The zero-order valence-corrected chi connectivity index (χ0v) is 12.7. The fourth-order valence-electron chi connectivity index (χ4n) is 0.600. The largest absolute Gasteiger partial charge is 2.00 e. The van der Waals surface area contributed by atoms with Crippen LogP contribution in [0.2, 0.25) is 0 Å². The van der Waals surface area contributed by atoms with Crippen molar-refractivity contribution in [3.8, 4) is 0 Å². The molecule has 0 fully saturated rings. The smallest absolute Gasteiger partial charge is 0.548 e. The van der Waals surface area contributed by atoms with Crippen molar-refractivity contribution in [1.29, 1.82) is 0 Å². The van der Waals surface area contributed by atoms with Gasteiger partial charge in [-0.2, -0.15) is 0 Å². The van der Waals surface area contributed by atoms with Gasteiger partial charge in [0.15, 0.2) is 0 Å². The number of carboxylic acids is 2. The maximum Gasteiger partial charge on any atom is 2.00 e. The molecule has 12 heteroatoms. The van der Waals surface area contributed by atoms with Crippen molar-refractivity contribution in [3.63, 3.8) is 0 Å². The second-order valence-electron chi connectivity index (χ2n) is 3.19. The van der Waals surface area contributed by atoms with E-state index in [-0.39, 0.29) is 48.3 Å². The third kappa shape index (κ3) is 19.2. The van der Waals surface area contributed by atoms with Gasteiger partial charge in [0.25, 0.3) is 0 Å². The first kappa shape index (κ1) is 27.2. The summed E-state index contributed by atoms with van der Waals surface area (Å²) in [6.07, 6.45) is -0.745. The van der Waals surface area contributed by atoms with Crippen molar-refractivity contribution in [2.45, 2.75) is 24.9 Å². The zero-order chi connectivity index (χ0) is 14.9. The summed E-state index contributed by atoms with van der Waals surface area (Å²) in [4.78, 5) is 39.5. The molecule has 0 aliphatic carbocycles. The van der Waals surface area contributed by atoms with Gasteiger partial charge in [-0.1, -0.05) is 0 Å². The van der Waals surface area contributed by atoms with Gasteiger partial charge in [0.1, 0.15) is 0 Å².